The van der Waals surface area contributed by atoms with Gasteiger partial charge in [0.05, 0.1) is 5.76 Å². The van der Waals surface area contributed by atoms with E-state index in [9.17, 15) is 9.90 Å². The quantitative estimate of drug-likeness (QED) is 0.0773. The van der Waals surface area contributed by atoms with E-state index in [0.717, 1.165) is 31.4 Å². The van der Waals surface area contributed by atoms with Crippen molar-refractivity contribution in [2.45, 2.75) is 72.6 Å². The van der Waals surface area contributed by atoms with Gasteiger partial charge in [0.1, 0.15) is 0 Å². The summed E-state index contributed by atoms with van der Waals surface area (Å²) in [4.78, 5) is 16.6. The minimum atomic E-state index is -0.101. The van der Waals surface area contributed by atoms with Crippen LogP contribution in [0.1, 0.15) is 78.4 Å². The van der Waals surface area contributed by atoms with Crippen molar-refractivity contribution in [3.05, 3.63) is 89.8 Å². The number of hydrogen-bond acceptors (Lipinski definition) is 3. The van der Waals surface area contributed by atoms with Gasteiger partial charge in [-0.05, 0) is 25.7 Å². The maximum atomic E-state index is 11.7. The van der Waals surface area contributed by atoms with Gasteiger partial charge in [-0.2, -0.15) is 0 Å². The fraction of sp³-hybridized carbons (Fsp3) is 0.351. The molecule has 0 aliphatic heterocycles. The minimum absolute atomic E-state index is 0. The molecule has 0 saturated carbocycles. The molecule has 0 atom stereocenters. The summed E-state index contributed by atoms with van der Waals surface area (Å²) in [6.07, 6.45) is 6.88. The molecule has 0 bridgehead atoms. The molecule has 5 aromatic rings. The maximum Gasteiger partial charge on any atom is 0.162 e. The van der Waals surface area contributed by atoms with Crippen molar-refractivity contribution in [1.29, 1.82) is 0 Å². The smallest absolute Gasteiger partial charge is 0.162 e. The van der Waals surface area contributed by atoms with Gasteiger partial charge in [0.15, 0.2) is 5.78 Å². The van der Waals surface area contributed by atoms with E-state index < -0.39 is 0 Å². The van der Waals surface area contributed by atoms with Crippen molar-refractivity contribution in [3.63, 3.8) is 0 Å². The van der Waals surface area contributed by atoms with Gasteiger partial charge in [0, 0.05) is 38.0 Å². The number of benzene rings is 3. The summed E-state index contributed by atoms with van der Waals surface area (Å²) in [5.74, 6) is 0.547. The average Bonchev–Trinajstić information content (AvgIpc) is 3.33. The fourth-order valence-electron chi connectivity index (χ4n) is 6.43. The molecule has 221 valence electrons. The first kappa shape index (κ1) is 32.4. The van der Waals surface area contributed by atoms with Crippen molar-refractivity contribution in [1.82, 2.24) is 4.98 Å². The second kappa shape index (κ2) is 13.4. The van der Waals surface area contributed by atoms with E-state index in [-0.39, 0.29) is 48.9 Å². The first-order valence-electron chi connectivity index (χ1n) is 15.0. The van der Waals surface area contributed by atoms with Gasteiger partial charge in [0.2, 0.25) is 0 Å². The van der Waals surface area contributed by atoms with Crippen LogP contribution in [0.2, 0.25) is 0 Å². The van der Waals surface area contributed by atoms with Gasteiger partial charge >= 0.3 is 158 Å². The summed E-state index contributed by atoms with van der Waals surface area (Å²) in [6.45, 7) is 12.8. The van der Waals surface area contributed by atoms with E-state index in [4.69, 9.17) is 4.98 Å². The van der Waals surface area contributed by atoms with Crippen LogP contribution in [-0.2, 0) is 30.3 Å². The number of allylic oxidation sites excluding steroid dienone is 2. The summed E-state index contributed by atoms with van der Waals surface area (Å²) in [7, 11) is 0. The third-order valence-corrected chi connectivity index (χ3v) is 11.2. The van der Waals surface area contributed by atoms with Crippen molar-refractivity contribution < 1.29 is 30.0 Å². The predicted molar refractivity (Wildman–Crippen MR) is 174 cm³/mol. The molecular weight excluding hydrogens is 762 g/mol. The zero-order valence-corrected chi connectivity index (χ0v) is 29.5. The SMILES string of the molecule is CC1(C)c2c([c-]cc3ccccc23)-c2nccc3[se]c4cccc1c4c23.CCC(CC)C(=O)/C=C(\O)C(CC)CC.[Ir]. The molecule has 3 nitrogen and oxygen atoms in total. The van der Waals surface area contributed by atoms with Crippen LogP contribution in [0.5, 0.6) is 0 Å². The third kappa shape index (κ3) is 5.70. The molecule has 0 saturated heterocycles. The Kier molecular flexibility index (Phi) is 10.3. The Hall–Kier alpha value is -2.55. The number of aromatic nitrogens is 1. The van der Waals surface area contributed by atoms with E-state index in [1.165, 1.54) is 52.8 Å². The van der Waals surface area contributed by atoms with Crippen LogP contribution in [0.15, 0.2) is 72.6 Å². The Morgan fingerprint density at radius 1 is 0.929 bits per heavy atom. The second-order valence-corrected chi connectivity index (χ2v) is 13.8. The molecule has 0 amide bonds. The second-order valence-electron chi connectivity index (χ2n) is 11.6. The summed E-state index contributed by atoms with van der Waals surface area (Å²) in [6, 6.07) is 23.5. The van der Waals surface area contributed by atoms with Crippen LogP contribution in [0.4, 0.5) is 0 Å². The van der Waals surface area contributed by atoms with Crippen molar-refractivity contribution >= 4 is 50.4 Å². The Morgan fingerprint density at radius 3 is 2.29 bits per heavy atom. The van der Waals surface area contributed by atoms with Gasteiger partial charge in [-0.25, -0.2) is 0 Å². The Morgan fingerprint density at radius 2 is 1.60 bits per heavy atom. The normalized spacial score (nSPS) is 13.7. The predicted octanol–water partition coefficient (Wildman–Crippen LogP) is 9.57. The van der Waals surface area contributed by atoms with Gasteiger partial charge < -0.3 is 5.11 Å². The molecule has 2 heterocycles. The molecule has 1 radical (unpaired) electrons. The molecule has 5 heteroatoms. The Balaban J connectivity index is 0.000000221. The number of rotatable bonds is 7. The topological polar surface area (TPSA) is 50.2 Å². The molecule has 42 heavy (non-hydrogen) atoms. The average molecular weight is 802 g/mol. The van der Waals surface area contributed by atoms with Crippen LogP contribution in [0, 0.1) is 17.9 Å². The zero-order chi connectivity index (χ0) is 29.3. The molecule has 3 aromatic carbocycles. The molecule has 0 fully saturated rings. The molecular formula is C37H40IrNO2Se-. The van der Waals surface area contributed by atoms with Crippen molar-refractivity contribution in [2.24, 2.45) is 11.8 Å². The van der Waals surface area contributed by atoms with E-state index in [2.05, 4.69) is 74.5 Å². The maximum absolute atomic E-state index is 11.7. The third-order valence-electron chi connectivity index (χ3n) is 8.88. The molecule has 6 rings (SSSR count). The monoisotopic (exact) mass is 803 g/mol. The number of carbonyl (C=O) groups is 1. The Bertz CT molecular complexity index is 1760. The minimum Gasteiger partial charge on any atom is -0.512 e. The molecule has 1 aliphatic carbocycles. The summed E-state index contributed by atoms with van der Waals surface area (Å²) in [5.41, 5.74) is 4.96. The zero-order valence-electron chi connectivity index (χ0n) is 25.4. The number of fused-ring (bicyclic) bond motifs is 4. The van der Waals surface area contributed by atoms with Gasteiger partial charge in [-0.3, -0.25) is 4.79 Å². The van der Waals surface area contributed by atoms with Crippen LogP contribution in [0.3, 0.4) is 0 Å². The van der Waals surface area contributed by atoms with Crippen LogP contribution >= 0.6 is 0 Å². The Labute approximate surface area is 269 Å². The standard InChI is InChI=1S/C24H16NSe.C13H24O2.Ir/c1-24(2)17-8-5-9-18-20(17)21-19(26-18)12-13-25-23(21)16-11-10-14-6-3-4-7-15(14)22(16)24;1-5-10(6-2)12(14)9-13(15)11(7-3)8-4;/h3-10,12-13H,1-2H3;9-11,14H,5-8H2,1-4H3;/q-1;;/b;12-9-;. The fourth-order valence-corrected chi connectivity index (χ4v) is 8.80. The van der Waals surface area contributed by atoms with Gasteiger partial charge in [-0.1, -0.05) is 27.7 Å². The molecule has 0 spiro atoms. The van der Waals surface area contributed by atoms with Crippen molar-refractivity contribution in [3.8, 4) is 11.3 Å². The number of carbonyl (C=O) groups excluding carboxylic acids is 1. The van der Waals surface area contributed by atoms with Crippen LogP contribution in [0.25, 0.3) is 41.3 Å². The van der Waals surface area contributed by atoms with Crippen molar-refractivity contribution in [2.75, 3.05) is 0 Å². The molecule has 1 aliphatic rings. The van der Waals surface area contributed by atoms with E-state index in [0.29, 0.717) is 14.5 Å². The van der Waals surface area contributed by atoms with Crippen LogP contribution < -0.4 is 0 Å². The number of ketones is 1. The number of hydrogen-bond donors (Lipinski definition) is 1. The van der Waals surface area contributed by atoms with E-state index in [1.807, 2.05) is 33.9 Å². The summed E-state index contributed by atoms with van der Waals surface area (Å²) < 4.78 is 2.94. The summed E-state index contributed by atoms with van der Waals surface area (Å²) in [5, 5.41) is 15.1. The number of pyridine rings is 1. The molecule has 0 unspecified atom stereocenters. The van der Waals surface area contributed by atoms with E-state index >= 15 is 0 Å². The first-order valence-corrected chi connectivity index (χ1v) is 16.7. The number of nitrogens with zero attached hydrogens (tertiary/aromatic N) is 1. The first-order chi connectivity index (χ1) is 19.8. The van der Waals surface area contributed by atoms with Gasteiger partial charge in [-0.15, -0.1) is 0 Å². The molecule has 1 N–H and O–H groups in total. The number of aliphatic hydroxyl groups excluding tert-OH is 1. The largest absolute Gasteiger partial charge is 0.512 e. The van der Waals surface area contributed by atoms with Crippen LogP contribution in [-0.4, -0.2) is 30.4 Å². The number of aliphatic hydroxyl groups is 1. The summed E-state index contributed by atoms with van der Waals surface area (Å²) >= 11 is 0.364. The van der Waals surface area contributed by atoms with Gasteiger partial charge in [0.25, 0.3) is 0 Å². The molecule has 2 aromatic heterocycles. The van der Waals surface area contributed by atoms with E-state index in [1.54, 1.807) is 0 Å².